The number of nitrogens with zero attached hydrogens (tertiary/aromatic N) is 1. The van der Waals surface area contributed by atoms with Gasteiger partial charge in [0.15, 0.2) is 0 Å². The van der Waals surface area contributed by atoms with Crippen LogP contribution in [0.15, 0.2) is 0 Å². The molecule has 0 bridgehead atoms. The van der Waals surface area contributed by atoms with E-state index in [9.17, 15) is 14.7 Å². The second-order valence-corrected chi connectivity index (χ2v) is 3.27. The Morgan fingerprint density at radius 1 is 1.46 bits per heavy atom. The van der Waals surface area contributed by atoms with Gasteiger partial charge in [0.05, 0.1) is 12.0 Å². The Morgan fingerprint density at radius 2 is 2.08 bits per heavy atom. The van der Waals surface area contributed by atoms with E-state index in [0.29, 0.717) is 13.0 Å². The lowest BCUT2D eigenvalue weighted by Gasteiger charge is -2.33. The van der Waals surface area contributed by atoms with Crippen molar-refractivity contribution in [3.05, 3.63) is 0 Å². The summed E-state index contributed by atoms with van der Waals surface area (Å²) in [5.41, 5.74) is 0. The Balaban J connectivity index is 2.56. The molecule has 0 aromatic carbocycles. The first-order valence-corrected chi connectivity index (χ1v) is 4.18. The molecule has 1 heterocycles. The van der Waals surface area contributed by atoms with Crippen LogP contribution in [0.3, 0.4) is 0 Å². The van der Waals surface area contributed by atoms with Crippen LogP contribution >= 0.6 is 0 Å². The summed E-state index contributed by atoms with van der Waals surface area (Å²) in [5.74, 6) is -1.84. The van der Waals surface area contributed by atoms with Gasteiger partial charge in [-0.1, -0.05) is 0 Å². The number of β-amino-alcohol motifs (C(OH)–C–C–N with tert-alkyl or cyclic N) is 1. The molecule has 0 aromatic rings. The summed E-state index contributed by atoms with van der Waals surface area (Å²) in [4.78, 5) is 22.9. The topological polar surface area (TPSA) is 77.8 Å². The van der Waals surface area contributed by atoms with E-state index in [1.54, 1.807) is 0 Å². The summed E-state index contributed by atoms with van der Waals surface area (Å²) in [5, 5.41) is 18.1. The summed E-state index contributed by atoms with van der Waals surface area (Å²) < 4.78 is 0. The summed E-state index contributed by atoms with van der Waals surface area (Å²) in [6.45, 7) is 1.96. The van der Waals surface area contributed by atoms with E-state index in [1.807, 2.05) is 0 Å². The van der Waals surface area contributed by atoms with Crippen LogP contribution in [0.25, 0.3) is 0 Å². The highest BCUT2D eigenvalue weighted by atomic mass is 16.4. The predicted molar refractivity (Wildman–Crippen MR) is 44.0 cm³/mol. The molecule has 1 aliphatic rings. The van der Waals surface area contributed by atoms with Gasteiger partial charge < -0.3 is 15.1 Å². The first kappa shape index (κ1) is 9.98. The second-order valence-electron chi connectivity index (χ2n) is 3.27. The van der Waals surface area contributed by atoms with Crippen LogP contribution in [0.2, 0.25) is 0 Å². The molecule has 2 atom stereocenters. The maximum Gasteiger partial charge on any atom is 0.309 e. The van der Waals surface area contributed by atoms with Crippen LogP contribution < -0.4 is 0 Å². The van der Waals surface area contributed by atoms with Crippen molar-refractivity contribution in [2.24, 2.45) is 5.92 Å². The fourth-order valence-electron chi connectivity index (χ4n) is 1.51. The van der Waals surface area contributed by atoms with Gasteiger partial charge >= 0.3 is 5.97 Å². The summed E-state index contributed by atoms with van der Waals surface area (Å²) >= 11 is 0. The molecule has 1 fully saturated rings. The average molecular weight is 187 g/mol. The van der Waals surface area contributed by atoms with Crippen molar-refractivity contribution in [2.45, 2.75) is 19.4 Å². The van der Waals surface area contributed by atoms with Crippen LogP contribution in [0, 0.1) is 5.92 Å². The maximum atomic E-state index is 10.9. The molecule has 0 aromatic heterocycles. The zero-order valence-corrected chi connectivity index (χ0v) is 7.43. The van der Waals surface area contributed by atoms with Crippen molar-refractivity contribution in [1.82, 2.24) is 4.90 Å². The third-order valence-corrected chi connectivity index (χ3v) is 2.34. The Morgan fingerprint density at radius 3 is 2.46 bits per heavy atom. The van der Waals surface area contributed by atoms with E-state index in [2.05, 4.69) is 0 Å². The van der Waals surface area contributed by atoms with Crippen molar-refractivity contribution in [3.8, 4) is 0 Å². The SMILES string of the molecule is CC(=O)N1CC[C@H](C(=O)O)[C@H](O)C1. The van der Waals surface area contributed by atoms with Gasteiger partial charge in [0.25, 0.3) is 0 Å². The number of hydrogen-bond acceptors (Lipinski definition) is 3. The lowest BCUT2D eigenvalue weighted by molar-refractivity contribution is -0.151. The van der Waals surface area contributed by atoms with E-state index in [0.717, 1.165) is 0 Å². The van der Waals surface area contributed by atoms with Gasteiger partial charge in [-0.25, -0.2) is 0 Å². The Bertz CT molecular complexity index is 228. The Kier molecular flexibility index (Phi) is 2.87. The van der Waals surface area contributed by atoms with Crippen LogP contribution in [-0.2, 0) is 9.59 Å². The molecule has 0 unspecified atom stereocenters. The van der Waals surface area contributed by atoms with Gasteiger partial charge in [0.1, 0.15) is 0 Å². The van der Waals surface area contributed by atoms with Gasteiger partial charge in [-0.2, -0.15) is 0 Å². The fourth-order valence-corrected chi connectivity index (χ4v) is 1.51. The molecule has 0 spiro atoms. The van der Waals surface area contributed by atoms with Gasteiger partial charge in [-0.05, 0) is 6.42 Å². The van der Waals surface area contributed by atoms with Gasteiger partial charge in [0.2, 0.25) is 5.91 Å². The first-order valence-electron chi connectivity index (χ1n) is 4.18. The number of rotatable bonds is 1. The summed E-state index contributed by atoms with van der Waals surface area (Å²) in [6.07, 6.45) is -0.606. The van der Waals surface area contributed by atoms with Crippen molar-refractivity contribution >= 4 is 11.9 Å². The number of carbonyl (C=O) groups excluding carboxylic acids is 1. The molecule has 5 heteroatoms. The highest BCUT2D eigenvalue weighted by Crippen LogP contribution is 2.17. The molecule has 2 N–H and O–H groups in total. The maximum absolute atomic E-state index is 10.9. The number of piperidine rings is 1. The molecule has 1 amide bonds. The number of carbonyl (C=O) groups is 2. The molecule has 0 radical (unpaired) electrons. The number of hydrogen-bond donors (Lipinski definition) is 2. The standard InChI is InChI=1S/C8H13NO4/c1-5(10)9-3-2-6(8(12)13)7(11)4-9/h6-7,11H,2-4H2,1H3,(H,12,13)/t6-,7+/m0/s1. The largest absolute Gasteiger partial charge is 0.481 e. The number of carboxylic acids is 1. The van der Waals surface area contributed by atoms with Crippen LogP contribution in [0.1, 0.15) is 13.3 Å². The second kappa shape index (κ2) is 3.74. The van der Waals surface area contributed by atoms with Crippen molar-refractivity contribution in [2.75, 3.05) is 13.1 Å². The smallest absolute Gasteiger partial charge is 0.309 e. The number of aliphatic hydroxyl groups is 1. The Labute approximate surface area is 76.0 Å². The number of carboxylic acid groups (broad SMARTS) is 1. The molecule has 5 nitrogen and oxygen atoms in total. The summed E-state index contributed by atoms with van der Waals surface area (Å²) in [7, 11) is 0. The molecular weight excluding hydrogens is 174 g/mol. The normalized spacial score (nSPS) is 28.6. The molecule has 0 saturated carbocycles. The third-order valence-electron chi connectivity index (χ3n) is 2.34. The predicted octanol–water partition coefficient (Wildman–Crippen LogP) is -0.700. The van der Waals surface area contributed by atoms with E-state index < -0.39 is 18.0 Å². The third kappa shape index (κ3) is 2.18. The molecule has 1 saturated heterocycles. The van der Waals surface area contributed by atoms with E-state index in [4.69, 9.17) is 5.11 Å². The summed E-state index contributed by atoms with van der Waals surface area (Å²) in [6, 6.07) is 0. The number of amides is 1. The lowest BCUT2D eigenvalue weighted by atomic mass is 9.94. The van der Waals surface area contributed by atoms with Gasteiger partial charge in [-0.15, -0.1) is 0 Å². The molecule has 74 valence electrons. The minimum Gasteiger partial charge on any atom is -0.481 e. The highest BCUT2D eigenvalue weighted by molar-refractivity contribution is 5.75. The molecule has 0 aliphatic carbocycles. The molecular formula is C8H13NO4. The molecule has 1 rings (SSSR count). The number of likely N-dealkylation sites (tertiary alicyclic amines) is 1. The van der Waals surface area contributed by atoms with Crippen LogP contribution in [0.5, 0.6) is 0 Å². The van der Waals surface area contributed by atoms with Gasteiger partial charge in [-0.3, -0.25) is 9.59 Å². The van der Waals surface area contributed by atoms with E-state index in [1.165, 1.54) is 11.8 Å². The monoisotopic (exact) mass is 187 g/mol. The zero-order valence-electron chi connectivity index (χ0n) is 7.43. The highest BCUT2D eigenvalue weighted by Gasteiger charge is 2.33. The average Bonchev–Trinajstić information content (AvgIpc) is 2.03. The number of aliphatic carboxylic acids is 1. The van der Waals surface area contributed by atoms with Crippen LogP contribution in [-0.4, -0.2) is 46.2 Å². The van der Waals surface area contributed by atoms with Crippen molar-refractivity contribution in [3.63, 3.8) is 0 Å². The minimum atomic E-state index is -0.990. The number of aliphatic hydroxyl groups excluding tert-OH is 1. The zero-order chi connectivity index (χ0) is 10.0. The van der Waals surface area contributed by atoms with E-state index in [-0.39, 0.29) is 12.5 Å². The van der Waals surface area contributed by atoms with Crippen LogP contribution in [0.4, 0.5) is 0 Å². The Hall–Kier alpha value is -1.10. The molecule has 1 aliphatic heterocycles. The first-order chi connectivity index (χ1) is 6.02. The minimum absolute atomic E-state index is 0.122. The quantitative estimate of drug-likeness (QED) is 0.569. The van der Waals surface area contributed by atoms with Crippen molar-refractivity contribution < 1.29 is 19.8 Å². The molecule has 13 heavy (non-hydrogen) atoms. The van der Waals surface area contributed by atoms with E-state index >= 15 is 0 Å². The lowest BCUT2D eigenvalue weighted by Crippen LogP contribution is -2.48. The fraction of sp³-hybridized carbons (Fsp3) is 0.750. The van der Waals surface area contributed by atoms with Crippen molar-refractivity contribution in [1.29, 1.82) is 0 Å². The van der Waals surface area contributed by atoms with Gasteiger partial charge in [0, 0.05) is 20.0 Å².